The fourth-order valence-electron chi connectivity index (χ4n) is 6.22. The van der Waals surface area contributed by atoms with Gasteiger partial charge in [-0.05, 0) is 82.2 Å². The molecule has 0 unspecified atom stereocenters. The Bertz CT molecular complexity index is 2020. The van der Waals surface area contributed by atoms with Crippen molar-refractivity contribution in [2.75, 3.05) is 6.61 Å². The lowest BCUT2D eigenvalue weighted by Gasteiger charge is -2.28. The van der Waals surface area contributed by atoms with Crippen molar-refractivity contribution in [3.8, 4) is 17.0 Å². The number of ether oxygens (including phenoxy) is 2. The third-order valence-electron chi connectivity index (χ3n) is 8.50. The molecule has 2 aromatic heterocycles. The molecule has 3 aromatic carbocycles. The second kappa shape index (κ2) is 13.8. The van der Waals surface area contributed by atoms with Crippen molar-refractivity contribution in [3.63, 3.8) is 0 Å². The highest BCUT2D eigenvalue weighted by molar-refractivity contribution is 5.93. The monoisotopic (exact) mass is 668 g/mol. The number of halogens is 2. The molecule has 3 heterocycles. The lowest BCUT2D eigenvalue weighted by atomic mass is 9.91. The third kappa shape index (κ3) is 7.17. The fourth-order valence-corrected chi connectivity index (χ4v) is 6.22. The van der Waals surface area contributed by atoms with Gasteiger partial charge in [0.05, 0.1) is 17.9 Å². The molecule has 5 aromatic rings. The Balaban J connectivity index is 1.39. The van der Waals surface area contributed by atoms with Gasteiger partial charge >= 0.3 is 5.97 Å². The van der Waals surface area contributed by atoms with Gasteiger partial charge in [-0.3, -0.25) is 9.74 Å². The van der Waals surface area contributed by atoms with E-state index in [-0.39, 0.29) is 34.9 Å². The van der Waals surface area contributed by atoms with Gasteiger partial charge < -0.3 is 14.8 Å². The molecule has 49 heavy (non-hydrogen) atoms. The van der Waals surface area contributed by atoms with Crippen molar-refractivity contribution in [2.24, 2.45) is 0 Å². The molecule has 6 rings (SSSR count). The van der Waals surface area contributed by atoms with Crippen molar-refractivity contribution in [1.82, 2.24) is 19.9 Å². The van der Waals surface area contributed by atoms with Crippen LogP contribution in [0.4, 0.5) is 8.92 Å². The quantitative estimate of drug-likeness (QED) is 0.176. The van der Waals surface area contributed by atoms with Crippen LogP contribution in [0, 0.1) is 19.7 Å². The summed E-state index contributed by atoms with van der Waals surface area (Å²) < 4.78 is 42.3. The van der Waals surface area contributed by atoms with E-state index in [0.29, 0.717) is 41.8 Å². The second-order valence-electron chi connectivity index (χ2n) is 13.2. The van der Waals surface area contributed by atoms with Gasteiger partial charge in [0.15, 0.2) is 29.0 Å². The van der Waals surface area contributed by atoms with Crippen molar-refractivity contribution in [3.05, 3.63) is 117 Å². The van der Waals surface area contributed by atoms with Gasteiger partial charge in [0.2, 0.25) is 0 Å². The Labute approximate surface area is 283 Å². The Hall–Kier alpha value is -5.16. The fraction of sp³-hybridized carbons (Fsp3) is 0.316. The molecule has 254 valence electrons. The Kier molecular flexibility index (Phi) is 9.47. The number of aromatic nitrogens is 3. The maximum atomic E-state index is 15.6. The molecule has 0 aliphatic carbocycles. The number of nitrogens with one attached hydrogen (secondary N) is 1. The zero-order valence-electron chi connectivity index (χ0n) is 28.1. The predicted molar refractivity (Wildman–Crippen MR) is 179 cm³/mol. The number of fused-ring (bicyclic) bond motifs is 2. The molecule has 1 N–H and O–H groups in total. The van der Waals surface area contributed by atoms with E-state index in [0.717, 1.165) is 17.5 Å². The number of hydrogen-bond acceptors (Lipinski definition) is 7. The van der Waals surface area contributed by atoms with Crippen molar-refractivity contribution < 1.29 is 32.9 Å². The average Bonchev–Trinajstić information content (AvgIpc) is 3.51. The lowest BCUT2D eigenvalue weighted by Crippen LogP contribution is -2.29. The number of hydrogen-bond donors (Lipinski definition) is 1. The largest absolute Gasteiger partial charge is 0.490 e. The zero-order valence-corrected chi connectivity index (χ0v) is 28.1. The van der Waals surface area contributed by atoms with E-state index in [2.05, 4.69) is 32.5 Å². The number of nitrogens with zero attached hydrogens (tertiary/aromatic N) is 3. The second-order valence-corrected chi connectivity index (χ2v) is 13.2. The summed E-state index contributed by atoms with van der Waals surface area (Å²) in [4.78, 5) is 34.7. The van der Waals surface area contributed by atoms with Crippen LogP contribution < -0.4 is 10.1 Å². The average molecular weight is 669 g/mol. The molecule has 1 amide bonds. The summed E-state index contributed by atoms with van der Waals surface area (Å²) in [5, 5.41) is 7.51. The van der Waals surface area contributed by atoms with E-state index in [1.54, 1.807) is 27.7 Å². The van der Waals surface area contributed by atoms with Gasteiger partial charge in [-0.15, -0.1) is 0 Å². The molecular formula is C38H38F2N4O5. The summed E-state index contributed by atoms with van der Waals surface area (Å²) in [6.07, 6.45) is 0.484. The summed E-state index contributed by atoms with van der Waals surface area (Å²) in [5.41, 5.74) is 5.03. The summed E-state index contributed by atoms with van der Waals surface area (Å²) in [7, 11) is 0. The number of carbonyl (C=O) groups is 2. The van der Waals surface area contributed by atoms with Crippen LogP contribution in [-0.2, 0) is 33.9 Å². The first kappa shape index (κ1) is 33.7. The van der Waals surface area contributed by atoms with Crippen LogP contribution in [-0.4, -0.2) is 38.7 Å². The van der Waals surface area contributed by atoms with E-state index in [4.69, 9.17) is 9.47 Å². The van der Waals surface area contributed by atoms with Crippen LogP contribution in [0.25, 0.3) is 16.9 Å². The molecule has 0 saturated carbocycles. The normalized spacial score (nSPS) is 13.4. The highest BCUT2D eigenvalue weighted by atomic mass is 19.3. The van der Waals surface area contributed by atoms with Crippen LogP contribution in [0.2, 0.25) is 0 Å². The Morgan fingerprint density at radius 3 is 2.41 bits per heavy atom. The molecule has 0 spiro atoms. The molecule has 9 nitrogen and oxygen atoms in total. The van der Waals surface area contributed by atoms with E-state index < -0.39 is 29.4 Å². The van der Waals surface area contributed by atoms with Crippen LogP contribution in [0.1, 0.15) is 82.9 Å². The number of aryl methyl sites for hydroxylation is 1. The summed E-state index contributed by atoms with van der Waals surface area (Å²) in [6, 6.07) is 21.0. The van der Waals surface area contributed by atoms with Gasteiger partial charge in [-0.25, -0.2) is 18.7 Å². The zero-order chi connectivity index (χ0) is 34.9. The Morgan fingerprint density at radius 2 is 1.71 bits per heavy atom. The van der Waals surface area contributed by atoms with Crippen LogP contribution in [0.15, 0.2) is 66.7 Å². The highest BCUT2D eigenvalue weighted by Gasteiger charge is 2.36. The highest BCUT2D eigenvalue weighted by Crippen LogP contribution is 2.42. The molecule has 0 fully saturated rings. The summed E-state index contributed by atoms with van der Waals surface area (Å²) in [6.45, 7) is 9.23. The molecule has 0 radical (unpaired) electrons. The van der Waals surface area contributed by atoms with E-state index in [9.17, 15) is 14.1 Å². The molecule has 1 aliphatic heterocycles. The first-order valence-electron chi connectivity index (χ1n) is 16.2. The standard InChI is InChI=1S/C38H38F2N4O5/c1-22-27-12-9-17-47-34(27)29(39)19-28(22)33-32(35(37(46)49-40)48-38(3,4)5)23(2)42-31-20-30(43-44(31)33)36(45)41-21-26-15-13-25(14-16-26)18-24-10-7-6-8-11-24/h6-8,10-11,13-16,19-20,35H,9,12,17-18,21H2,1-5H3,(H,41,45)/t35-/m0/s1. The molecule has 0 saturated heterocycles. The first-order chi connectivity index (χ1) is 23.4. The van der Waals surface area contributed by atoms with Crippen molar-refractivity contribution in [1.29, 1.82) is 0 Å². The number of rotatable bonds is 9. The van der Waals surface area contributed by atoms with Crippen molar-refractivity contribution >= 4 is 17.5 Å². The minimum Gasteiger partial charge on any atom is -0.490 e. The molecule has 11 heteroatoms. The molecular weight excluding hydrogens is 630 g/mol. The topological polar surface area (TPSA) is 104 Å². The minimum absolute atomic E-state index is 0.0479. The van der Waals surface area contributed by atoms with Crippen LogP contribution >= 0.6 is 0 Å². The van der Waals surface area contributed by atoms with Gasteiger partial charge in [0.1, 0.15) is 0 Å². The smallest absolute Gasteiger partial charge is 0.381 e. The maximum absolute atomic E-state index is 15.6. The van der Waals surface area contributed by atoms with E-state index in [1.807, 2.05) is 49.4 Å². The molecule has 0 bridgehead atoms. The molecule has 1 atom stereocenters. The maximum Gasteiger partial charge on any atom is 0.381 e. The van der Waals surface area contributed by atoms with Crippen LogP contribution in [0.5, 0.6) is 5.75 Å². The number of benzene rings is 3. The molecule has 1 aliphatic rings. The van der Waals surface area contributed by atoms with Crippen molar-refractivity contribution in [2.45, 2.75) is 72.1 Å². The van der Waals surface area contributed by atoms with Crippen LogP contribution in [0.3, 0.4) is 0 Å². The van der Waals surface area contributed by atoms with E-state index in [1.165, 1.54) is 22.2 Å². The predicted octanol–water partition coefficient (Wildman–Crippen LogP) is 7.28. The van der Waals surface area contributed by atoms with Gasteiger partial charge in [0.25, 0.3) is 5.91 Å². The van der Waals surface area contributed by atoms with Gasteiger partial charge in [-0.2, -0.15) is 5.10 Å². The lowest BCUT2D eigenvalue weighted by molar-refractivity contribution is -0.205. The van der Waals surface area contributed by atoms with Gasteiger partial charge in [-0.1, -0.05) is 54.6 Å². The number of amides is 1. The summed E-state index contributed by atoms with van der Waals surface area (Å²) >= 11 is 0. The third-order valence-corrected chi connectivity index (χ3v) is 8.50. The number of carbonyl (C=O) groups excluding carboxylic acids is 2. The first-order valence-corrected chi connectivity index (χ1v) is 16.2. The summed E-state index contributed by atoms with van der Waals surface area (Å²) in [5.74, 6) is -2.18. The van der Waals surface area contributed by atoms with Gasteiger partial charge in [0, 0.05) is 39.5 Å². The SMILES string of the molecule is Cc1nc2cc(C(=O)NCc3ccc(Cc4ccccc4)cc3)nn2c(-c2cc(F)c3c(c2C)CCCO3)c1[C@H](OC(C)(C)C)C(=O)OF. The van der Waals surface area contributed by atoms with E-state index >= 15 is 4.39 Å². The Morgan fingerprint density at radius 1 is 1.02 bits per heavy atom. The minimum atomic E-state index is -1.59.